The molecular weight excluding hydrogens is 452 g/mol. The molecule has 2 aliphatic rings. The quantitative estimate of drug-likeness (QED) is 0.562. The highest BCUT2D eigenvalue weighted by molar-refractivity contribution is 7.20. The summed E-state index contributed by atoms with van der Waals surface area (Å²) in [5.74, 6) is -3.21. The van der Waals surface area contributed by atoms with Crippen LogP contribution in [0.1, 0.15) is 18.4 Å². The number of hydrogen-bond acceptors (Lipinski definition) is 6. The van der Waals surface area contributed by atoms with E-state index in [0.717, 1.165) is 28.2 Å². The fourth-order valence-electron chi connectivity index (χ4n) is 3.45. The number of carbonyl (C=O) groups is 2. The van der Waals surface area contributed by atoms with Crippen molar-refractivity contribution in [1.82, 2.24) is 4.90 Å². The van der Waals surface area contributed by atoms with Crippen LogP contribution in [0.15, 0.2) is 42.0 Å². The maximum absolute atomic E-state index is 14.0. The number of carbonyl (C=O) groups excluding carboxylic acids is 2. The molecule has 1 fully saturated rings. The molecule has 5 nitrogen and oxygen atoms in total. The number of nitrogens with zero attached hydrogens (tertiary/aromatic N) is 1. The molecule has 0 aliphatic carbocycles. The minimum Gasteiger partial charge on any atom is -0.405 e. The fraction of sp³-hybridized carbons (Fsp3) is 0.238. The van der Waals surface area contributed by atoms with Gasteiger partial charge in [0.1, 0.15) is 10.2 Å². The Balaban J connectivity index is 1.72. The fourth-order valence-corrected chi connectivity index (χ4v) is 4.86. The van der Waals surface area contributed by atoms with E-state index in [2.05, 4.69) is 0 Å². The lowest BCUT2D eigenvalue weighted by Crippen LogP contribution is -2.55. The van der Waals surface area contributed by atoms with Gasteiger partial charge in [-0.2, -0.15) is 0 Å². The molecule has 2 aliphatic heterocycles. The molecule has 0 unspecified atom stereocenters. The lowest BCUT2D eigenvalue weighted by atomic mass is 9.95. The van der Waals surface area contributed by atoms with Crippen LogP contribution in [0.5, 0.6) is 0 Å². The largest absolute Gasteiger partial charge is 0.405 e. The molecule has 0 amide bonds. The Bertz CT molecular complexity index is 1060. The van der Waals surface area contributed by atoms with Crippen LogP contribution < -0.4 is 0 Å². The average molecular weight is 468 g/mol. The van der Waals surface area contributed by atoms with E-state index >= 15 is 0 Å². The standard InChI is InChI=1S/C21H16Cl2FNO4S/c1-25-7-6-12(11-21(25)28-18(26)4-5-19(27)29-21)8-13-2-3-14(24)9-15(13)17-10-16(22)20(23)30-17/h2-5,8-10H,6-7,11H2,1H3/b12-8+. The summed E-state index contributed by atoms with van der Waals surface area (Å²) in [5.41, 5.74) is 2.29. The Morgan fingerprint density at radius 2 is 1.87 bits per heavy atom. The molecular formula is C21H16Cl2FNO4S. The van der Waals surface area contributed by atoms with Crippen LogP contribution in [-0.4, -0.2) is 36.3 Å². The normalized spacial score (nSPS) is 20.3. The van der Waals surface area contributed by atoms with E-state index in [1.807, 2.05) is 6.08 Å². The summed E-state index contributed by atoms with van der Waals surface area (Å²) < 4.78 is 25.3. The first-order valence-electron chi connectivity index (χ1n) is 9.05. The molecule has 2 aromatic rings. The van der Waals surface area contributed by atoms with Crippen LogP contribution in [0.2, 0.25) is 9.36 Å². The van der Waals surface area contributed by atoms with Crippen LogP contribution in [0.3, 0.4) is 0 Å². The third kappa shape index (κ3) is 4.16. The van der Waals surface area contributed by atoms with Crippen molar-refractivity contribution in [3.05, 3.63) is 62.7 Å². The van der Waals surface area contributed by atoms with Gasteiger partial charge in [0.05, 0.1) is 11.4 Å². The van der Waals surface area contributed by atoms with Crippen LogP contribution in [0.4, 0.5) is 4.39 Å². The number of benzene rings is 1. The zero-order chi connectivity index (χ0) is 21.5. The van der Waals surface area contributed by atoms with Crippen LogP contribution in [0, 0.1) is 5.82 Å². The summed E-state index contributed by atoms with van der Waals surface area (Å²) >= 11 is 13.4. The number of rotatable bonds is 2. The molecule has 0 radical (unpaired) electrons. The van der Waals surface area contributed by atoms with Crippen molar-refractivity contribution >= 4 is 52.6 Å². The number of halogens is 3. The first-order valence-corrected chi connectivity index (χ1v) is 10.6. The Kier molecular flexibility index (Phi) is 5.72. The predicted molar refractivity (Wildman–Crippen MR) is 114 cm³/mol. The van der Waals surface area contributed by atoms with Gasteiger partial charge < -0.3 is 9.47 Å². The lowest BCUT2D eigenvalue weighted by Gasteiger charge is -2.42. The first kappa shape index (κ1) is 21.1. The van der Waals surface area contributed by atoms with E-state index in [9.17, 15) is 14.0 Å². The van der Waals surface area contributed by atoms with Crippen molar-refractivity contribution in [3.8, 4) is 10.4 Å². The summed E-state index contributed by atoms with van der Waals surface area (Å²) in [6, 6.07) is 6.15. The van der Waals surface area contributed by atoms with Crippen LogP contribution >= 0.6 is 34.5 Å². The Labute approximate surface area is 186 Å². The van der Waals surface area contributed by atoms with E-state index in [-0.39, 0.29) is 12.2 Å². The maximum atomic E-state index is 14.0. The average Bonchev–Trinajstić information content (AvgIpc) is 2.95. The number of piperidine rings is 1. The Hall–Kier alpha value is -2.19. The monoisotopic (exact) mass is 467 g/mol. The number of ether oxygens (including phenoxy) is 2. The van der Waals surface area contributed by atoms with Crippen molar-refractivity contribution < 1.29 is 23.5 Å². The smallest absolute Gasteiger partial charge is 0.335 e. The zero-order valence-electron chi connectivity index (χ0n) is 15.8. The molecule has 1 aromatic carbocycles. The molecule has 30 heavy (non-hydrogen) atoms. The molecule has 1 saturated heterocycles. The van der Waals surface area contributed by atoms with Gasteiger partial charge in [-0.3, -0.25) is 0 Å². The molecule has 1 spiro atoms. The van der Waals surface area contributed by atoms with Gasteiger partial charge in [0, 0.05) is 29.1 Å². The van der Waals surface area contributed by atoms with Crippen molar-refractivity contribution in [2.75, 3.05) is 13.6 Å². The third-order valence-corrected chi connectivity index (χ3v) is 6.86. The predicted octanol–water partition coefficient (Wildman–Crippen LogP) is 5.28. The van der Waals surface area contributed by atoms with Crippen LogP contribution in [-0.2, 0) is 19.1 Å². The number of hydrogen-bond donors (Lipinski definition) is 0. The highest BCUT2D eigenvalue weighted by atomic mass is 35.5. The molecule has 0 atom stereocenters. The second kappa shape index (κ2) is 8.15. The van der Waals surface area contributed by atoms with E-state index in [1.165, 1.54) is 23.5 Å². The summed E-state index contributed by atoms with van der Waals surface area (Å²) in [6.07, 6.45) is 4.82. The lowest BCUT2D eigenvalue weighted by molar-refractivity contribution is -0.281. The minimum absolute atomic E-state index is 0.172. The van der Waals surface area contributed by atoms with Gasteiger partial charge in [0.2, 0.25) is 0 Å². The van der Waals surface area contributed by atoms with Gasteiger partial charge in [-0.15, -0.1) is 11.3 Å². The molecule has 4 rings (SSSR count). The summed E-state index contributed by atoms with van der Waals surface area (Å²) in [5, 5.41) is 0.405. The molecule has 0 N–H and O–H groups in total. The molecule has 9 heteroatoms. The van der Waals surface area contributed by atoms with Gasteiger partial charge in [0.15, 0.2) is 0 Å². The van der Waals surface area contributed by atoms with Gasteiger partial charge in [-0.1, -0.05) is 40.9 Å². The molecule has 0 bridgehead atoms. The number of likely N-dealkylation sites (tertiary alicyclic amines) is 1. The minimum atomic E-state index is -1.52. The van der Waals surface area contributed by atoms with E-state index in [0.29, 0.717) is 27.9 Å². The van der Waals surface area contributed by atoms with E-state index in [1.54, 1.807) is 24.1 Å². The Morgan fingerprint density at radius 3 is 2.50 bits per heavy atom. The SMILES string of the molecule is CN1CC/C(=C\c2ccc(F)cc2-c2cc(Cl)c(Cl)s2)CC12OC(=O)C=CC(=O)O2. The summed E-state index contributed by atoms with van der Waals surface area (Å²) in [4.78, 5) is 26.4. The topological polar surface area (TPSA) is 55.8 Å². The highest BCUT2D eigenvalue weighted by Crippen LogP contribution is 2.41. The van der Waals surface area contributed by atoms with Gasteiger partial charge in [-0.25, -0.2) is 18.9 Å². The summed E-state index contributed by atoms with van der Waals surface area (Å²) in [6.45, 7) is 0.500. The number of thiophene rings is 1. The molecule has 3 heterocycles. The molecule has 1 aromatic heterocycles. The highest BCUT2D eigenvalue weighted by Gasteiger charge is 2.46. The van der Waals surface area contributed by atoms with E-state index < -0.39 is 17.8 Å². The van der Waals surface area contributed by atoms with Crippen molar-refractivity contribution in [2.24, 2.45) is 0 Å². The van der Waals surface area contributed by atoms with E-state index in [4.69, 9.17) is 32.7 Å². The van der Waals surface area contributed by atoms with Crippen molar-refractivity contribution in [3.63, 3.8) is 0 Å². The van der Waals surface area contributed by atoms with Crippen LogP contribution in [0.25, 0.3) is 16.5 Å². The first-order chi connectivity index (χ1) is 14.3. The van der Waals surface area contributed by atoms with Crippen molar-refractivity contribution in [1.29, 1.82) is 0 Å². The third-order valence-electron chi connectivity index (χ3n) is 4.96. The second-order valence-electron chi connectivity index (χ2n) is 7.00. The molecule has 0 saturated carbocycles. The van der Waals surface area contributed by atoms with Gasteiger partial charge in [-0.05, 0) is 37.2 Å². The van der Waals surface area contributed by atoms with Crippen molar-refractivity contribution in [2.45, 2.75) is 18.8 Å². The van der Waals surface area contributed by atoms with Gasteiger partial charge >= 0.3 is 17.8 Å². The summed E-state index contributed by atoms with van der Waals surface area (Å²) in [7, 11) is 1.72. The number of esters is 2. The Morgan fingerprint density at radius 1 is 1.17 bits per heavy atom. The second-order valence-corrected chi connectivity index (χ2v) is 9.06. The maximum Gasteiger partial charge on any atom is 0.335 e. The zero-order valence-corrected chi connectivity index (χ0v) is 18.1. The van der Waals surface area contributed by atoms with Gasteiger partial charge in [0.25, 0.3) is 0 Å². The molecule has 156 valence electrons.